The molecule has 0 saturated heterocycles. The molecule has 0 spiro atoms. The minimum Gasteiger partial charge on any atom is -0.497 e. The number of hydrogen-bond donors (Lipinski definition) is 0. The number of methoxy groups -OCH3 is 2. The third kappa shape index (κ3) is 4.89. The Labute approximate surface area is 166 Å². The second-order valence-electron chi connectivity index (χ2n) is 5.57. The molecule has 0 N–H and O–H groups in total. The molecule has 2 aromatic carbocycles. The Balaban J connectivity index is 1.59. The summed E-state index contributed by atoms with van der Waals surface area (Å²) in [6, 6.07) is 12.3. The standard InChI is InChI=1S/C20H17ClN2O5/c1-25-16-9-5-13(17(11-16)26-2)6-10-19(24)27-12-18-22-20(23-28-18)14-3-7-15(21)8-4-14/h3-11H,12H2,1-2H3/b10-6+. The van der Waals surface area contributed by atoms with Gasteiger partial charge in [0.05, 0.1) is 14.2 Å². The molecule has 144 valence electrons. The van der Waals surface area contributed by atoms with E-state index in [1.165, 1.54) is 13.2 Å². The topological polar surface area (TPSA) is 83.7 Å². The van der Waals surface area contributed by atoms with Crippen molar-refractivity contribution in [2.24, 2.45) is 0 Å². The van der Waals surface area contributed by atoms with E-state index in [1.54, 1.807) is 55.7 Å². The van der Waals surface area contributed by atoms with Crippen LogP contribution in [0, 0.1) is 0 Å². The summed E-state index contributed by atoms with van der Waals surface area (Å²) in [4.78, 5) is 16.1. The lowest BCUT2D eigenvalue weighted by atomic mass is 10.2. The fourth-order valence-corrected chi connectivity index (χ4v) is 2.45. The highest BCUT2D eigenvalue weighted by atomic mass is 35.5. The molecular weight excluding hydrogens is 384 g/mol. The molecule has 8 heteroatoms. The van der Waals surface area contributed by atoms with Crippen LogP contribution in [0.1, 0.15) is 11.5 Å². The van der Waals surface area contributed by atoms with Gasteiger partial charge in [0.2, 0.25) is 5.82 Å². The number of halogens is 1. The maximum Gasteiger partial charge on any atom is 0.331 e. The third-order valence-electron chi connectivity index (χ3n) is 3.75. The quantitative estimate of drug-likeness (QED) is 0.434. The minimum absolute atomic E-state index is 0.135. The van der Waals surface area contributed by atoms with E-state index < -0.39 is 5.97 Å². The van der Waals surface area contributed by atoms with Gasteiger partial charge in [-0.25, -0.2) is 4.79 Å². The van der Waals surface area contributed by atoms with Crippen LogP contribution in [0.2, 0.25) is 5.02 Å². The van der Waals surface area contributed by atoms with E-state index in [0.717, 1.165) is 5.56 Å². The van der Waals surface area contributed by atoms with E-state index in [1.807, 2.05) is 0 Å². The van der Waals surface area contributed by atoms with E-state index >= 15 is 0 Å². The number of aromatic nitrogens is 2. The molecule has 3 rings (SSSR count). The minimum atomic E-state index is -0.552. The van der Waals surface area contributed by atoms with Gasteiger partial charge in [-0.2, -0.15) is 4.98 Å². The molecule has 28 heavy (non-hydrogen) atoms. The predicted octanol–water partition coefficient (Wildman–Crippen LogP) is 4.16. The van der Waals surface area contributed by atoms with Gasteiger partial charge in [0.15, 0.2) is 6.61 Å². The van der Waals surface area contributed by atoms with Crippen LogP contribution in [0.3, 0.4) is 0 Å². The first kappa shape index (κ1) is 19.4. The van der Waals surface area contributed by atoms with Crippen LogP contribution in [0.15, 0.2) is 53.1 Å². The second kappa shape index (κ2) is 9.05. The number of benzene rings is 2. The first-order valence-electron chi connectivity index (χ1n) is 8.24. The third-order valence-corrected chi connectivity index (χ3v) is 4.00. The summed E-state index contributed by atoms with van der Waals surface area (Å²) in [5, 5.41) is 4.47. The van der Waals surface area contributed by atoms with Crippen molar-refractivity contribution in [2.75, 3.05) is 14.2 Å². The van der Waals surface area contributed by atoms with Crippen LogP contribution in [0.4, 0.5) is 0 Å². The number of ether oxygens (including phenoxy) is 3. The Kier molecular flexibility index (Phi) is 6.29. The molecule has 1 heterocycles. The molecule has 1 aromatic heterocycles. The smallest absolute Gasteiger partial charge is 0.331 e. The van der Waals surface area contributed by atoms with E-state index in [-0.39, 0.29) is 12.5 Å². The Morgan fingerprint density at radius 1 is 1.14 bits per heavy atom. The van der Waals surface area contributed by atoms with Crippen molar-refractivity contribution in [3.8, 4) is 22.9 Å². The van der Waals surface area contributed by atoms with Crippen molar-refractivity contribution in [3.05, 3.63) is 65.0 Å². The lowest BCUT2D eigenvalue weighted by Crippen LogP contribution is -2.01. The summed E-state index contributed by atoms with van der Waals surface area (Å²) < 4.78 is 20.6. The van der Waals surface area contributed by atoms with E-state index in [2.05, 4.69) is 10.1 Å². The average Bonchev–Trinajstić information content (AvgIpc) is 3.20. The molecule has 0 unspecified atom stereocenters. The highest BCUT2D eigenvalue weighted by Gasteiger charge is 2.10. The normalized spacial score (nSPS) is 10.8. The zero-order valence-electron chi connectivity index (χ0n) is 15.2. The Bertz CT molecular complexity index is 983. The van der Waals surface area contributed by atoms with E-state index in [9.17, 15) is 4.79 Å². The zero-order valence-corrected chi connectivity index (χ0v) is 16.0. The summed E-state index contributed by atoms with van der Waals surface area (Å²) in [7, 11) is 3.11. The maximum absolute atomic E-state index is 11.9. The van der Waals surface area contributed by atoms with Gasteiger partial charge in [-0.3, -0.25) is 0 Å². The van der Waals surface area contributed by atoms with Gasteiger partial charge in [0.1, 0.15) is 11.5 Å². The average molecular weight is 401 g/mol. The van der Waals surface area contributed by atoms with Crippen molar-refractivity contribution in [3.63, 3.8) is 0 Å². The van der Waals surface area contributed by atoms with Crippen LogP contribution in [-0.4, -0.2) is 30.3 Å². The highest BCUT2D eigenvalue weighted by Crippen LogP contribution is 2.25. The second-order valence-corrected chi connectivity index (χ2v) is 6.00. The summed E-state index contributed by atoms with van der Waals surface area (Å²) in [5.41, 5.74) is 1.46. The molecule has 0 amide bonds. The van der Waals surface area contributed by atoms with Crippen molar-refractivity contribution in [2.45, 2.75) is 6.61 Å². The Morgan fingerprint density at radius 3 is 2.64 bits per heavy atom. The maximum atomic E-state index is 11.9. The van der Waals surface area contributed by atoms with Crippen molar-refractivity contribution in [1.29, 1.82) is 0 Å². The Morgan fingerprint density at radius 2 is 1.93 bits per heavy atom. The van der Waals surface area contributed by atoms with Crippen LogP contribution in [-0.2, 0) is 16.1 Å². The van der Waals surface area contributed by atoms with E-state index in [0.29, 0.717) is 27.9 Å². The van der Waals surface area contributed by atoms with Gasteiger partial charge in [0, 0.05) is 28.3 Å². The van der Waals surface area contributed by atoms with Gasteiger partial charge >= 0.3 is 5.97 Å². The first-order valence-corrected chi connectivity index (χ1v) is 8.62. The van der Waals surface area contributed by atoms with Crippen molar-refractivity contribution < 1.29 is 23.5 Å². The number of hydrogen-bond acceptors (Lipinski definition) is 7. The molecule has 0 aliphatic heterocycles. The lowest BCUT2D eigenvalue weighted by molar-refractivity contribution is -0.139. The fraction of sp³-hybridized carbons (Fsp3) is 0.150. The summed E-state index contributed by atoms with van der Waals surface area (Å²) in [6.45, 7) is -0.135. The monoisotopic (exact) mass is 400 g/mol. The van der Waals surface area contributed by atoms with Gasteiger partial charge in [-0.1, -0.05) is 16.8 Å². The fourth-order valence-electron chi connectivity index (χ4n) is 2.32. The van der Waals surface area contributed by atoms with Gasteiger partial charge < -0.3 is 18.7 Å². The van der Waals surface area contributed by atoms with Crippen LogP contribution >= 0.6 is 11.6 Å². The molecule has 0 aliphatic carbocycles. The molecule has 0 bridgehead atoms. The van der Waals surface area contributed by atoms with Crippen LogP contribution in [0.25, 0.3) is 17.5 Å². The highest BCUT2D eigenvalue weighted by molar-refractivity contribution is 6.30. The summed E-state index contributed by atoms with van der Waals surface area (Å²) in [5.74, 6) is 1.26. The van der Waals surface area contributed by atoms with Gasteiger partial charge in [-0.05, 0) is 42.5 Å². The molecule has 0 radical (unpaired) electrons. The molecule has 3 aromatic rings. The molecule has 0 atom stereocenters. The Hall–Kier alpha value is -3.32. The van der Waals surface area contributed by atoms with Crippen LogP contribution in [0.5, 0.6) is 11.5 Å². The number of carbonyl (C=O) groups is 1. The number of carbonyl (C=O) groups excluding carboxylic acids is 1. The predicted molar refractivity (Wildman–Crippen MR) is 103 cm³/mol. The zero-order chi connectivity index (χ0) is 19.9. The van der Waals surface area contributed by atoms with E-state index in [4.69, 9.17) is 30.3 Å². The largest absolute Gasteiger partial charge is 0.497 e. The van der Waals surface area contributed by atoms with Crippen molar-refractivity contribution in [1.82, 2.24) is 10.1 Å². The van der Waals surface area contributed by atoms with Gasteiger partial charge in [0.25, 0.3) is 5.89 Å². The molecule has 0 fully saturated rings. The SMILES string of the molecule is COc1ccc(/C=C/C(=O)OCc2nc(-c3ccc(Cl)cc3)no2)c(OC)c1. The molecule has 7 nitrogen and oxygen atoms in total. The molecule has 0 saturated carbocycles. The summed E-state index contributed by atoms with van der Waals surface area (Å²) in [6.07, 6.45) is 2.88. The van der Waals surface area contributed by atoms with Crippen molar-refractivity contribution >= 4 is 23.6 Å². The number of esters is 1. The molecular formula is C20H17ClN2O5. The first-order chi connectivity index (χ1) is 13.6. The lowest BCUT2D eigenvalue weighted by Gasteiger charge is -2.07. The van der Waals surface area contributed by atoms with Crippen LogP contribution < -0.4 is 9.47 Å². The number of nitrogens with zero attached hydrogens (tertiary/aromatic N) is 2. The number of rotatable bonds is 7. The molecule has 0 aliphatic rings. The summed E-state index contributed by atoms with van der Waals surface area (Å²) >= 11 is 5.85. The van der Waals surface area contributed by atoms with Gasteiger partial charge in [-0.15, -0.1) is 0 Å².